The summed E-state index contributed by atoms with van der Waals surface area (Å²) in [5, 5.41) is 30.8. The summed E-state index contributed by atoms with van der Waals surface area (Å²) in [6.07, 6.45) is -3.12. The second-order valence-electron chi connectivity index (χ2n) is 8.26. The molecule has 0 aromatic heterocycles. The zero-order valence-electron chi connectivity index (χ0n) is 14.1. The topological polar surface area (TPSA) is 97.6 Å². The van der Waals surface area contributed by atoms with Gasteiger partial charge in [0.15, 0.2) is 0 Å². The van der Waals surface area contributed by atoms with E-state index in [1.807, 2.05) is 41.5 Å². The van der Waals surface area contributed by atoms with Gasteiger partial charge in [-0.1, -0.05) is 20.8 Å². The van der Waals surface area contributed by atoms with Gasteiger partial charge in [-0.2, -0.15) is 0 Å². The molecule has 7 heteroatoms. The van der Waals surface area contributed by atoms with Gasteiger partial charge in [0.1, 0.15) is 12.2 Å². The van der Waals surface area contributed by atoms with Gasteiger partial charge < -0.3 is 24.8 Å². The van der Waals surface area contributed by atoms with Crippen molar-refractivity contribution in [1.82, 2.24) is 0 Å². The lowest BCUT2D eigenvalue weighted by Crippen LogP contribution is -2.62. The molecule has 2 bridgehead atoms. The molecule has 22 heavy (non-hydrogen) atoms. The Balaban J connectivity index is 2.19. The van der Waals surface area contributed by atoms with Gasteiger partial charge >= 0.3 is 5.97 Å². The molecule has 130 valence electrons. The molecule has 2 rings (SSSR count). The molecule has 2 saturated heterocycles. The zero-order chi connectivity index (χ0) is 17.0. The SMILES string of the molecule is CC(C)(C)CC1OC(COC(C)(C)C)C2(O)OC1(O)OC2O. The number of aliphatic hydroxyl groups excluding tert-OH is 1. The molecule has 5 unspecified atom stereocenters. The highest BCUT2D eigenvalue weighted by Crippen LogP contribution is 2.46. The molecule has 2 fully saturated rings. The molecule has 2 aliphatic heterocycles. The molecule has 0 spiro atoms. The maximum absolute atomic E-state index is 10.5. The third kappa shape index (κ3) is 3.62. The highest BCUT2D eigenvalue weighted by Gasteiger charge is 2.68. The van der Waals surface area contributed by atoms with Crippen LogP contribution in [-0.2, 0) is 18.9 Å². The molecule has 0 aromatic rings. The van der Waals surface area contributed by atoms with E-state index >= 15 is 0 Å². The summed E-state index contributed by atoms with van der Waals surface area (Å²) >= 11 is 0. The van der Waals surface area contributed by atoms with Gasteiger partial charge in [0.05, 0.1) is 12.2 Å². The molecule has 2 heterocycles. The summed E-state index contributed by atoms with van der Waals surface area (Å²) in [6.45, 7) is 11.5. The maximum atomic E-state index is 10.5. The Hall–Kier alpha value is -0.280. The second-order valence-corrected chi connectivity index (χ2v) is 8.26. The number of fused-ring (bicyclic) bond motifs is 2. The minimum atomic E-state index is -2.17. The van der Waals surface area contributed by atoms with Gasteiger partial charge in [-0.25, -0.2) is 0 Å². The van der Waals surface area contributed by atoms with E-state index < -0.39 is 35.9 Å². The van der Waals surface area contributed by atoms with Gasteiger partial charge in [-0.3, -0.25) is 9.47 Å². The Kier molecular flexibility index (Phi) is 4.41. The molecule has 5 atom stereocenters. The Labute approximate surface area is 131 Å². The third-order valence-corrected chi connectivity index (χ3v) is 3.61. The quantitative estimate of drug-likeness (QED) is 0.704. The summed E-state index contributed by atoms with van der Waals surface area (Å²) in [5.41, 5.74) is -0.622. The van der Waals surface area contributed by atoms with Gasteiger partial charge in [-0.15, -0.1) is 0 Å². The van der Waals surface area contributed by atoms with Crippen LogP contribution in [-0.4, -0.2) is 57.8 Å². The van der Waals surface area contributed by atoms with Crippen LogP contribution in [0.2, 0.25) is 0 Å². The lowest BCUT2D eigenvalue weighted by atomic mass is 9.88. The standard InChI is InChI=1S/C15H28O7/c1-12(2,3)7-9-15(18)21-11(16)14(17,22-15)10(20-9)8-19-13(4,5)6/h9-11,16-18H,7-8H2,1-6H3. The van der Waals surface area contributed by atoms with E-state index in [0.717, 1.165) is 0 Å². The van der Waals surface area contributed by atoms with E-state index in [1.165, 1.54) is 0 Å². The Bertz CT molecular complexity index is 413. The van der Waals surface area contributed by atoms with Crippen LogP contribution in [0.1, 0.15) is 48.0 Å². The largest absolute Gasteiger partial charge is 0.373 e. The molecule has 0 amide bonds. The fourth-order valence-corrected chi connectivity index (χ4v) is 2.52. The van der Waals surface area contributed by atoms with Crippen molar-refractivity contribution in [2.45, 2.75) is 83.8 Å². The lowest BCUT2D eigenvalue weighted by Gasteiger charge is -2.44. The fraction of sp³-hybridized carbons (Fsp3) is 1.00. The first-order chi connectivity index (χ1) is 9.75. The first-order valence-electron chi connectivity index (χ1n) is 7.55. The third-order valence-electron chi connectivity index (χ3n) is 3.61. The van der Waals surface area contributed by atoms with Crippen LogP contribution in [0.3, 0.4) is 0 Å². The number of hydrogen-bond acceptors (Lipinski definition) is 7. The predicted molar refractivity (Wildman–Crippen MR) is 76.5 cm³/mol. The van der Waals surface area contributed by atoms with E-state index in [0.29, 0.717) is 6.42 Å². The van der Waals surface area contributed by atoms with Crippen molar-refractivity contribution in [2.24, 2.45) is 5.41 Å². The fourth-order valence-electron chi connectivity index (χ4n) is 2.52. The number of aliphatic hydroxyl groups is 3. The lowest BCUT2D eigenvalue weighted by molar-refractivity contribution is -0.444. The smallest absolute Gasteiger partial charge is 0.313 e. The molecule has 0 aromatic carbocycles. The summed E-state index contributed by atoms with van der Waals surface area (Å²) in [5.74, 6) is -4.33. The van der Waals surface area contributed by atoms with Crippen LogP contribution in [0.15, 0.2) is 0 Å². The first kappa shape index (κ1) is 18.1. The Morgan fingerprint density at radius 3 is 2.14 bits per heavy atom. The summed E-state index contributed by atoms with van der Waals surface area (Å²) in [4.78, 5) is 0. The van der Waals surface area contributed by atoms with Crippen LogP contribution in [0, 0.1) is 5.41 Å². The van der Waals surface area contributed by atoms with Crippen molar-refractivity contribution in [3.8, 4) is 0 Å². The maximum Gasteiger partial charge on any atom is 0.313 e. The van der Waals surface area contributed by atoms with Gasteiger partial charge in [0.2, 0.25) is 6.29 Å². The second kappa shape index (κ2) is 5.37. The van der Waals surface area contributed by atoms with E-state index in [4.69, 9.17) is 18.9 Å². The van der Waals surface area contributed by atoms with E-state index in [-0.39, 0.29) is 12.0 Å². The van der Waals surface area contributed by atoms with Crippen LogP contribution in [0.5, 0.6) is 0 Å². The minimum Gasteiger partial charge on any atom is -0.373 e. The number of rotatable bonds is 3. The van der Waals surface area contributed by atoms with Crippen LogP contribution in [0.4, 0.5) is 0 Å². The van der Waals surface area contributed by atoms with Crippen molar-refractivity contribution in [2.75, 3.05) is 6.61 Å². The summed E-state index contributed by atoms with van der Waals surface area (Å²) < 4.78 is 21.7. The minimum absolute atomic E-state index is 0.00283. The van der Waals surface area contributed by atoms with Gasteiger partial charge in [0.25, 0.3) is 5.79 Å². The van der Waals surface area contributed by atoms with Crippen molar-refractivity contribution in [3.63, 3.8) is 0 Å². The molecule has 0 saturated carbocycles. The van der Waals surface area contributed by atoms with Crippen molar-refractivity contribution in [3.05, 3.63) is 0 Å². The molecule has 0 aliphatic carbocycles. The number of hydrogen-bond donors (Lipinski definition) is 3. The zero-order valence-corrected chi connectivity index (χ0v) is 14.1. The Morgan fingerprint density at radius 1 is 1.05 bits per heavy atom. The highest BCUT2D eigenvalue weighted by molar-refractivity contribution is 4.97. The van der Waals surface area contributed by atoms with Crippen LogP contribution >= 0.6 is 0 Å². The molecular weight excluding hydrogens is 292 g/mol. The Morgan fingerprint density at radius 2 is 1.64 bits per heavy atom. The molecular formula is C15H28O7. The monoisotopic (exact) mass is 320 g/mol. The van der Waals surface area contributed by atoms with Crippen molar-refractivity contribution in [1.29, 1.82) is 0 Å². The molecule has 7 nitrogen and oxygen atoms in total. The average molecular weight is 320 g/mol. The first-order valence-corrected chi connectivity index (χ1v) is 7.55. The van der Waals surface area contributed by atoms with Crippen LogP contribution < -0.4 is 0 Å². The van der Waals surface area contributed by atoms with Gasteiger partial charge in [0, 0.05) is 0 Å². The molecule has 0 radical (unpaired) electrons. The average Bonchev–Trinajstić information content (AvgIpc) is 2.48. The summed E-state index contributed by atoms with van der Waals surface area (Å²) in [7, 11) is 0. The van der Waals surface area contributed by atoms with E-state index in [9.17, 15) is 15.3 Å². The van der Waals surface area contributed by atoms with Crippen molar-refractivity contribution >= 4 is 0 Å². The van der Waals surface area contributed by atoms with Gasteiger partial charge in [-0.05, 0) is 32.6 Å². The number of ether oxygens (including phenoxy) is 4. The van der Waals surface area contributed by atoms with Crippen LogP contribution in [0.25, 0.3) is 0 Å². The molecule has 2 aliphatic rings. The summed E-state index contributed by atoms with van der Waals surface area (Å²) in [6, 6.07) is 0. The highest BCUT2D eigenvalue weighted by atomic mass is 17.0. The van der Waals surface area contributed by atoms with Crippen molar-refractivity contribution < 1.29 is 34.3 Å². The molecule has 3 N–H and O–H groups in total. The normalized spacial score (nSPS) is 42.7. The predicted octanol–water partition coefficient (Wildman–Crippen LogP) is 0.705. The van der Waals surface area contributed by atoms with E-state index in [1.54, 1.807) is 0 Å². The van der Waals surface area contributed by atoms with E-state index in [2.05, 4.69) is 0 Å².